The Hall–Kier alpha value is -0.860. The Balaban J connectivity index is 2.04. The lowest BCUT2D eigenvalue weighted by Gasteiger charge is -2.32. The normalized spacial score (nSPS) is 19.3. The van der Waals surface area contributed by atoms with Crippen LogP contribution in [-0.2, 0) is 4.74 Å². The molecule has 1 fully saturated rings. The molecule has 118 valence electrons. The van der Waals surface area contributed by atoms with E-state index in [0.29, 0.717) is 6.04 Å². The van der Waals surface area contributed by atoms with Gasteiger partial charge in [-0.3, -0.25) is 0 Å². The first-order valence-electron chi connectivity index (χ1n) is 8.66. The maximum Gasteiger partial charge on any atom is 0.0974 e. The number of rotatable bonds is 8. The largest absolute Gasteiger partial charge is 0.375 e. The Labute approximate surface area is 130 Å². The third-order valence-electron chi connectivity index (χ3n) is 4.72. The SMILES string of the molecule is CCCNC(CC1CCCCC1)C(OC)c1ccccc1. The number of methoxy groups -OCH3 is 1. The van der Waals surface area contributed by atoms with E-state index in [0.717, 1.165) is 12.5 Å². The van der Waals surface area contributed by atoms with Gasteiger partial charge in [0.2, 0.25) is 0 Å². The van der Waals surface area contributed by atoms with Crippen LogP contribution in [0.4, 0.5) is 0 Å². The van der Waals surface area contributed by atoms with E-state index in [4.69, 9.17) is 4.74 Å². The van der Waals surface area contributed by atoms with Crippen molar-refractivity contribution in [2.75, 3.05) is 13.7 Å². The Bertz CT molecular complexity index is 372. The van der Waals surface area contributed by atoms with Crippen LogP contribution in [0, 0.1) is 5.92 Å². The van der Waals surface area contributed by atoms with Crippen LogP contribution in [-0.4, -0.2) is 19.7 Å². The Morgan fingerprint density at radius 2 is 1.86 bits per heavy atom. The number of hydrogen-bond donors (Lipinski definition) is 1. The van der Waals surface area contributed by atoms with Crippen molar-refractivity contribution in [2.24, 2.45) is 5.92 Å². The van der Waals surface area contributed by atoms with Crippen LogP contribution in [0.5, 0.6) is 0 Å². The second kappa shape index (κ2) is 9.22. The third kappa shape index (κ3) is 5.12. The molecule has 0 aliphatic heterocycles. The molecule has 0 amide bonds. The van der Waals surface area contributed by atoms with E-state index in [9.17, 15) is 0 Å². The second-order valence-corrected chi connectivity index (χ2v) is 6.37. The molecule has 0 radical (unpaired) electrons. The van der Waals surface area contributed by atoms with Crippen LogP contribution in [0.2, 0.25) is 0 Å². The fraction of sp³-hybridized carbons (Fsp3) is 0.684. The van der Waals surface area contributed by atoms with Gasteiger partial charge in [-0.25, -0.2) is 0 Å². The van der Waals surface area contributed by atoms with Gasteiger partial charge in [-0.2, -0.15) is 0 Å². The van der Waals surface area contributed by atoms with Crippen molar-refractivity contribution in [1.82, 2.24) is 5.32 Å². The van der Waals surface area contributed by atoms with Gasteiger partial charge in [-0.15, -0.1) is 0 Å². The molecule has 0 saturated heterocycles. The van der Waals surface area contributed by atoms with Gasteiger partial charge in [0.1, 0.15) is 0 Å². The van der Waals surface area contributed by atoms with Gasteiger partial charge in [-0.05, 0) is 30.9 Å². The van der Waals surface area contributed by atoms with Crippen molar-refractivity contribution in [3.8, 4) is 0 Å². The molecule has 1 aliphatic rings. The molecule has 0 heterocycles. The molecular weight excluding hydrogens is 258 g/mol. The van der Waals surface area contributed by atoms with Crippen LogP contribution in [0.3, 0.4) is 0 Å². The first-order chi connectivity index (χ1) is 10.3. The van der Waals surface area contributed by atoms with Crippen molar-refractivity contribution in [1.29, 1.82) is 0 Å². The number of benzene rings is 1. The minimum absolute atomic E-state index is 0.166. The quantitative estimate of drug-likeness (QED) is 0.748. The van der Waals surface area contributed by atoms with Crippen LogP contribution in [0.1, 0.15) is 63.5 Å². The predicted molar refractivity (Wildman–Crippen MR) is 89.5 cm³/mol. The summed E-state index contributed by atoms with van der Waals surface area (Å²) in [6, 6.07) is 11.1. The fourth-order valence-electron chi connectivity index (χ4n) is 3.60. The average molecular weight is 289 g/mol. The lowest BCUT2D eigenvalue weighted by atomic mass is 9.82. The highest BCUT2D eigenvalue weighted by molar-refractivity contribution is 5.19. The molecule has 1 aromatic rings. The third-order valence-corrected chi connectivity index (χ3v) is 4.72. The van der Waals surface area contributed by atoms with Crippen molar-refractivity contribution >= 4 is 0 Å². The van der Waals surface area contributed by atoms with E-state index in [1.807, 2.05) is 7.11 Å². The van der Waals surface area contributed by atoms with Crippen molar-refractivity contribution in [3.63, 3.8) is 0 Å². The average Bonchev–Trinajstić information content (AvgIpc) is 2.55. The molecular formula is C19H31NO. The topological polar surface area (TPSA) is 21.3 Å². The molecule has 1 aliphatic carbocycles. The van der Waals surface area contributed by atoms with Gasteiger partial charge in [0.15, 0.2) is 0 Å². The van der Waals surface area contributed by atoms with Gasteiger partial charge in [0.05, 0.1) is 6.10 Å². The van der Waals surface area contributed by atoms with Gasteiger partial charge in [0, 0.05) is 13.2 Å². The molecule has 2 unspecified atom stereocenters. The molecule has 1 N–H and O–H groups in total. The zero-order valence-corrected chi connectivity index (χ0v) is 13.7. The van der Waals surface area contributed by atoms with E-state index in [1.165, 1.54) is 50.5 Å². The monoisotopic (exact) mass is 289 g/mol. The highest BCUT2D eigenvalue weighted by atomic mass is 16.5. The summed E-state index contributed by atoms with van der Waals surface area (Å²) < 4.78 is 5.87. The lowest BCUT2D eigenvalue weighted by Crippen LogP contribution is -2.38. The molecule has 0 aromatic heterocycles. The minimum atomic E-state index is 0.166. The van der Waals surface area contributed by atoms with Crippen LogP contribution < -0.4 is 5.32 Å². The Morgan fingerprint density at radius 3 is 2.48 bits per heavy atom. The number of hydrogen-bond acceptors (Lipinski definition) is 2. The van der Waals surface area contributed by atoms with Gasteiger partial charge in [-0.1, -0.05) is 69.4 Å². The van der Waals surface area contributed by atoms with E-state index in [1.54, 1.807) is 0 Å². The van der Waals surface area contributed by atoms with Crippen molar-refractivity contribution < 1.29 is 4.74 Å². The molecule has 1 aromatic carbocycles. The van der Waals surface area contributed by atoms with Crippen LogP contribution >= 0.6 is 0 Å². The first-order valence-corrected chi connectivity index (χ1v) is 8.66. The maximum atomic E-state index is 5.87. The van der Waals surface area contributed by atoms with E-state index in [-0.39, 0.29) is 6.10 Å². The summed E-state index contributed by atoms with van der Waals surface area (Å²) in [6.45, 7) is 3.30. The lowest BCUT2D eigenvalue weighted by molar-refractivity contribution is 0.0563. The highest BCUT2D eigenvalue weighted by Crippen LogP contribution is 2.32. The van der Waals surface area contributed by atoms with E-state index >= 15 is 0 Å². The van der Waals surface area contributed by atoms with Crippen LogP contribution in [0.15, 0.2) is 30.3 Å². The summed E-state index contributed by atoms with van der Waals surface area (Å²) in [6.07, 6.45) is 9.63. The van der Waals surface area contributed by atoms with E-state index in [2.05, 4.69) is 42.6 Å². The molecule has 2 heteroatoms. The maximum absolute atomic E-state index is 5.87. The molecule has 2 nitrogen and oxygen atoms in total. The van der Waals surface area contributed by atoms with Gasteiger partial charge in [0.25, 0.3) is 0 Å². The summed E-state index contributed by atoms with van der Waals surface area (Å²) >= 11 is 0. The summed E-state index contributed by atoms with van der Waals surface area (Å²) in [7, 11) is 1.85. The smallest absolute Gasteiger partial charge is 0.0974 e. The first kappa shape index (κ1) is 16.5. The number of nitrogens with one attached hydrogen (secondary N) is 1. The second-order valence-electron chi connectivity index (χ2n) is 6.37. The number of ether oxygens (including phenoxy) is 1. The molecule has 0 bridgehead atoms. The zero-order valence-electron chi connectivity index (χ0n) is 13.7. The van der Waals surface area contributed by atoms with E-state index < -0.39 is 0 Å². The molecule has 2 rings (SSSR count). The van der Waals surface area contributed by atoms with Gasteiger partial charge >= 0.3 is 0 Å². The fourth-order valence-corrected chi connectivity index (χ4v) is 3.60. The van der Waals surface area contributed by atoms with Gasteiger partial charge < -0.3 is 10.1 Å². The Morgan fingerprint density at radius 1 is 1.14 bits per heavy atom. The summed E-state index contributed by atoms with van der Waals surface area (Å²) in [5.41, 5.74) is 1.30. The molecule has 0 spiro atoms. The summed E-state index contributed by atoms with van der Waals surface area (Å²) in [5.74, 6) is 0.870. The summed E-state index contributed by atoms with van der Waals surface area (Å²) in [4.78, 5) is 0. The summed E-state index contributed by atoms with van der Waals surface area (Å²) in [5, 5.41) is 3.74. The highest BCUT2D eigenvalue weighted by Gasteiger charge is 2.26. The molecule has 21 heavy (non-hydrogen) atoms. The zero-order chi connectivity index (χ0) is 14.9. The minimum Gasteiger partial charge on any atom is -0.375 e. The molecule has 2 atom stereocenters. The molecule has 1 saturated carbocycles. The Kier molecular flexibility index (Phi) is 7.25. The standard InChI is InChI=1S/C19H31NO/c1-3-14-20-18(15-16-10-6-4-7-11-16)19(21-2)17-12-8-5-9-13-17/h5,8-9,12-13,16,18-20H,3-4,6-7,10-11,14-15H2,1-2H3. The predicted octanol–water partition coefficient (Wildman–Crippen LogP) is 4.71. The van der Waals surface area contributed by atoms with Crippen molar-refractivity contribution in [2.45, 2.75) is 64.0 Å². The van der Waals surface area contributed by atoms with Crippen LogP contribution in [0.25, 0.3) is 0 Å². The van der Waals surface area contributed by atoms with Crippen molar-refractivity contribution in [3.05, 3.63) is 35.9 Å².